The Balaban J connectivity index is 1.70. The molecule has 1 aromatic heterocycles. The predicted molar refractivity (Wildman–Crippen MR) is 98.3 cm³/mol. The Labute approximate surface area is 149 Å². The van der Waals surface area contributed by atoms with Gasteiger partial charge in [0.25, 0.3) is 5.91 Å². The molecule has 0 aliphatic carbocycles. The van der Waals surface area contributed by atoms with Crippen molar-refractivity contribution in [2.24, 2.45) is 0 Å². The molecule has 6 heteroatoms. The Bertz CT molecular complexity index is 955. The zero-order chi connectivity index (χ0) is 18.5. The third kappa shape index (κ3) is 4.10. The Morgan fingerprint density at radius 2 is 1.77 bits per heavy atom. The molecule has 1 amide bonds. The van der Waals surface area contributed by atoms with Crippen LogP contribution in [0.2, 0.25) is 0 Å². The zero-order valence-electron chi connectivity index (χ0n) is 14.0. The van der Waals surface area contributed by atoms with Crippen molar-refractivity contribution in [2.75, 3.05) is 10.6 Å². The maximum Gasteiger partial charge on any atom is 0.274 e. The summed E-state index contributed by atoms with van der Waals surface area (Å²) < 4.78 is 13.6. The Morgan fingerprint density at radius 3 is 2.46 bits per heavy atom. The highest BCUT2D eigenvalue weighted by Gasteiger charge is 2.09. The lowest BCUT2D eigenvalue weighted by Crippen LogP contribution is -2.14. The van der Waals surface area contributed by atoms with Crippen molar-refractivity contribution in [3.05, 3.63) is 83.9 Å². The second-order valence-corrected chi connectivity index (χ2v) is 5.63. The van der Waals surface area contributed by atoms with Crippen LogP contribution in [0.5, 0.6) is 0 Å². The molecule has 3 aromatic rings. The number of aromatic nitrogens is 1. The number of para-hydroxylation sites is 1. The van der Waals surface area contributed by atoms with Gasteiger partial charge in [0.15, 0.2) is 5.78 Å². The Hall–Kier alpha value is -3.54. The first-order valence-electron chi connectivity index (χ1n) is 7.93. The van der Waals surface area contributed by atoms with Crippen molar-refractivity contribution in [2.45, 2.75) is 6.92 Å². The van der Waals surface area contributed by atoms with Gasteiger partial charge in [0.1, 0.15) is 11.5 Å². The summed E-state index contributed by atoms with van der Waals surface area (Å²) in [6.45, 7) is 1.46. The smallest absolute Gasteiger partial charge is 0.274 e. The largest absolute Gasteiger partial charge is 0.352 e. The van der Waals surface area contributed by atoms with Gasteiger partial charge in [-0.05, 0) is 43.3 Å². The standard InChI is InChI=1S/C20H16FN3O2/c1-13(25)14-5-4-6-15(11-14)24-20(26)19-10-9-16(12-22-19)23-18-8-3-2-7-17(18)21/h2-12,23H,1H3,(H,24,26). The lowest BCUT2D eigenvalue weighted by Gasteiger charge is -2.09. The van der Waals surface area contributed by atoms with E-state index in [1.807, 2.05) is 0 Å². The van der Waals surface area contributed by atoms with E-state index in [-0.39, 0.29) is 17.3 Å². The Kier molecular flexibility index (Phi) is 5.03. The molecule has 0 saturated heterocycles. The number of hydrogen-bond acceptors (Lipinski definition) is 4. The number of rotatable bonds is 5. The molecule has 0 aliphatic heterocycles. The van der Waals surface area contributed by atoms with E-state index in [1.54, 1.807) is 48.5 Å². The summed E-state index contributed by atoms with van der Waals surface area (Å²) in [6.07, 6.45) is 1.45. The molecular formula is C20H16FN3O2. The molecule has 1 heterocycles. The third-order valence-electron chi connectivity index (χ3n) is 3.68. The van der Waals surface area contributed by atoms with Gasteiger partial charge in [0.05, 0.1) is 17.6 Å². The number of halogens is 1. The summed E-state index contributed by atoms with van der Waals surface area (Å²) in [5, 5.41) is 5.60. The van der Waals surface area contributed by atoms with Crippen LogP contribution in [0.1, 0.15) is 27.8 Å². The molecule has 2 aromatic carbocycles. The topological polar surface area (TPSA) is 71.1 Å². The average Bonchev–Trinajstić information content (AvgIpc) is 2.64. The highest BCUT2D eigenvalue weighted by molar-refractivity contribution is 6.04. The van der Waals surface area contributed by atoms with Crippen molar-refractivity contribution >= 4 is 28.8 Å². The number of Topliss-reactive ketones (excluding diaryl/α,β-unsaturated/α-hetero) is 1. The molecule has 0 saturated carbocycles. The second kappa shape index (κ2) is 7.57. The van der Waals surface area contributed by atoms with Gasteiger partial charge in [-0.25, -0.2) is 9.37 Å². The van der Waals surface area contributed by atoms with Crippen molar-refractivity contribution in [3.8, 4) is 0 Å². The van der Waals surface area contributed by atoms with Gasteiger partial charge >= 0.3 is 0 Å². The van der Waals surface area contributed by atoms with Crippen molar-refractivity contribution in [1.29, 1.82) is 0 Å². The van der Waals surface area contributed by atoms with Crippen LogP contribution in [-0.2, 0) is 0 Å². The minimum absolute atomic E-state index is 0.0807. The number of nitrogens with one attached hydrogen (secondary N) is 2. The number of anilines is 3. The molecule has 0 aliphatic rings. The summed E-state index contributed by atoms with van der Waals surface area (Å²) in [5.74, 6) is -0.856. The van der Waals surface area contributed by atoms with Crippen LogP contribution in [0.15, 0.2) is 66.9 Å². The van der Waals surface area contributed by atoms with Crippen LogP contribution < -0.4 is 10.6 Å². The number of nitrogens with zero attached hydrogens (tertiary/aromatic N) is 1. The highest BCUT2D eigenvalue weighted by Crippen LogP contribution is 2.19. The van der Waals surface area contributed by atoms with Gasteiger partial charge in [0, 0.05) is 11.3 Å². The predicted octanol–water partition coefficient (Wildman–Crippen LogP) is 4.42. The molecule has 0 atom stereocenters. The second-order valence-electron chi connectivity index (χ2n) is 5.63. The van der Waals surface area contributed by atoms with Crippen LogP contribution in [0.4, 0.5) is 21.5 Å². The number of carbonyl (C=O) groups is 2. The van der Waals surface area contributed by atoms with Gasteiger partial charge in [-0.1, -0.05) is 24.3 Å². The van der Waals surface area contributed by atoms with E-state index in [1.165, 1.54) is 25.3 Å². The molecular weight excluding hydrogens is 333 g/mol. The fourth-order valence-electron chi connectivity index (χ4n) is 2.33. The van der Waals surface area contributed by atoms with E-state index in [4.69, 9.17) is 0 Å². The first-order valence-corrected chi connectivity index (χ1v) is 7.93. The van der Waals surface area contributed by atoms with Crippen molar-refractivity contribution in [3.63, 3.8) is 0 Å². The molecule has 0 radical (unpaired) electrons. The highest BCUT2D eigenvalue weighted by atomic mass is 19.1. The average molecular weight is 349 g/mol. The number of pyridine rings is 1. The van der Waals surface area contributed by atoms with E-state index >= 15 is 0 Å². The van der Waals surface area contributed by atoms with Gasteiger partial charge < -0.3 is 10.6 Å². The molecule has 0 unspecified atom stereocenters. The zero-order valence-corrected chi connectivity index (χ0v) is 14.0. The van der Waals surface area contributed by atoms with Crippen molar-refractivity contribution < 1.29 is 14.0 Å². The summed E-state index contributed by atoms with van der Waals surface area (Å²) in [6, 6.07) is 16.1. The van der Waals surface area contributed by atoms with E-state index in [2.05, 4.69) is 15.6 Å². The molecule has 0 spiro atoms. The molecule has 0 bridgehead atoms. The number of benzene rings is 2. The lowest BCUT2D eigenvalue weighted by atomic mass is 10.1. The van der Waals surface area contributed by atoms with E-state index in [0.717, 1.165) is 0 Å². The van der Waals surface area contributed by atoms with E-state index in [9.17, 15) is 14.0 Å². The molecule has 3 rings (SSSR count). The fourth-order valence-corrected chi connectivity index (χ4v) is 2.33. The van der Waals surface area contributed by atoms with Crippen molar-refractivity contribution in [1.82, 2.24) is 4.98 Å². The minimum atomic E-state index is -0.400. The van der Waals surface area contributed by atoms with Crippen LogP contribution in [0.3, 0.4) is 0 Å². The maximum atomic E-state index is 13.6. The number of hydrogen-bond donors (Lipinski definition) is 2. The maximum absolute atomic E-state index is 13.6. The minimum Gasteiger partial charge on any atom is -0.352 e. The molecule has 26 heavy (non-hydrogen) atoms. The monoisotopic (exact) mass is 349 g/mol. The van der Waals surface area contributed by atoms with Crippen LogP contribution in [0, 0.1) is 5.82 Å². The van der Waals surface area contributed by atoms with Crippen LogP contribution >= 0.6 is 0 Å². The molecule has 0 fully saturated rings. The molecule has 130 valence electrons. The lowest BCUT2D eigenvalue weighted by molar-refractivity contribution is 0.100. The summed E-state index contributed by atoms with van der Waals surface area (Å²) in [5.41, 5.74) is 2.12. The summed E-state index contributed by atoms with van der Waals surface area (Å²) >= 11 is 0. The summed E-state index contributed by atoms with van der Waals surface area (Å²) in [7, 11) is 0. The SMILES string of the molecule is CC(=O)c1cccc(NC(=O)c2ccc(Nc3ccccc3F)cn2)c1. The van der Waals surface area contributed by atoms with E-state index in [0.29, 0.717) is 22.6 Å². The third-order valence-corrected chi connectivity index (χ3v) is 3.68. The fraction of sp³-hybridized carbons (Fsp3) is 0.0500. The first-order chi connectivity index (χ1) is 12.5. The van der Waals surface area contributed by atoms with Crippen LogP contribution in [0.25, 0.3) is 0 Å². The first kappa shape index (κ1) is 17.3. The number of ketones is 1. The molecule has 5 nitrogen and oxygen atoms in total. The Morgan fingerprint density at radius 1 is 0.962 bits per heavy atom. The van der Waals surface area contributed by atoms with Gasteiger partial charge in [0.2, 0.25) is 0 Å². The van der Waals surface area contributed by atoms with Crippen LogP contribution in [-0.4, -0.2) is 16.7 Å². The normalized spacial score (nSPS) is 10.2. The van der Waals surface area contributed by atoms with E-state index < -0.39 is 5.91 Å². The number of amides is 1. The molecule has 2 N–H and O–H groups in total. The number of carbonyl (C=O) groups excluding carboxylic acids is 2. The van der Waals surface area contributed by atoms with Gasteiger partial charge in [-0.3, -0.25) is 9.59 Å². The van der Waals surface area contributed by atoms with Gasteiger partial charge in [-0.2, -0.15) is 0 Å². The van der Waals surface area contributed by atoms with Gasteiger partial charge in [-0.15, -0.1) is 0 Å². The summed E-state index contributed by atoms with van der Waals surface area (Å²) in [4.78, 5) is 27.8. The quantitative estimate of drug-likeness (QED) is 0.669.